The van der Waals surface area contributed by atoms with E-state index in [0.717, 1.165) is 50.0 Å². The summed E-state index contributed by atoms with van der Waals surface area (Å²) >= 11 is 0. The van der Waals surface area contributed by atoms with Crippen LogP contribution in [-0.2, 0) is 11.8 Å². The molecule has 0 radical (unpaired) electrons. The molecule has 0 spiro atoms. The highest BCUT2D eigenvalue weighted by molar-refractivity contribution is 5.92. The number of rotatable bonds is 6. The van der Waals surface area contributed by atoms with Gasteiger partial charge in [0.25, 0.3) is 11.5 Å². The van der Waals surface area contributed by atoms with Crippen molar-refractivity contribution in [1.82, 2.24) is 24.8 Å². The molecular formula is C25H31N7O4. The normalized spacial score (nSPS) is 20.2. The Morgan fingerprint density at radius 2 is 1.92 bits per heavy atom. The maximum absolute atomic E-state index is 12.3. The number of hydrogen-bond donors (Lipinski definition) is 2. The summed E-state index contributed by atoms with van der Waals surface area (Å²) in [5, 5.41) is 5.93. The van der Waals surface area contributed by atoms with Crippen molar-refractivity contribution in [3.63, 3.8) is 0 Å². The molecule has 11 heteroatoms. The summed E-state index contributed by atoms with van der Waals surface area (Å²) in [5.41, 5.74) is 2.63. The van der Waals surface area contributed by atoms with Crippen LogP contribution in [0, 0.1) is 0 Å². The number of hydrogen-bond acceptors (Lipinski definition) is 9. The average Bonchev–Trinajstić information content (AvgIpc) is 2.92. The fraction of sp³-hybridized carbons (Fsp3) is 0.480. The van der Waals surface area contributed by atoms with Crippen molar-refractivity contribution in [2.24, 2.45) is 7.05 Å². The summed E-state index contributed by atoms with van der Waals surface area (Å²) in [7, 11) is 3.33. The molecule has 36 heavy (non-hydrogen) atoms. The highest BCUT2D eigenvalue weighted by atomic mass is 16.5. The maximum Gasteiger partial charge on any atom is 0.269 e. The molecule has 2 aliphatic rings. The number of fused-ring (bicyclic) bond motifs is 1. The van der Waals surface area contributed by atoms with Gasteiger partial charge in [0, 0.05) is 51.2 Å². The minimum atomic E-state index is -0.243. The van der Waals surface area contributed by atoms with Crippen molar-refractivity contribution in [2.75, 3.05) is 43.6 Å². The Bertz CT molecular complexity index is 1300. The van der Waals surface area contributed by atoms with Crippen molar-refractivity contribution in [1.29, 1.82) is 0 Å². The Labute approximate surface area is 208 Å². The third-order valence-electron chi connectivity index (χ3n) is 6.81. The highest BCUT2D eigenvalue weighted by Crippen LogP contribution is 2.33. The average molecular weight is 494 g/mol. The third-order valence-corrected chi connectivity index (χ3v) is 6.81. The number of morpholine rings is 1. The number of ether oxygens (including phenoxy) is 2. The van der Waals surface area contributed by atoms with Gasteiger partial charge in [-0.2, -0.15) is 0 Å². The summed E-state index contributed by atoms with van der Waals surface area (Å²) in [6.45, 7) is 2.97. The van der Waals surface area contributed by atoms with Crippen LogP contribution in [0.3, 0.4) is 0 Å². The number of carbonyl (C=O) groups excluding carboxylic acids is 1. The molecule has 1 amide bonds. The molecule has 0 bridgehead atoms. The van der Waals surface area contributed by atoms with Crippen LogP contribution in [0.2, 0.25) is 0 Å². The third kappa shape index (κ3) is 5.11. The van der Waals surface area contributed by atoms with Crippen LogP contribution >= 0.6 is 0 Å². The van der Waals surface area contributed by atoms with E-state index in [-0.39, 0.29) is 23.6 Å². The minimum Gasteiger partial charge on any atom is -0.488 e. The van der Waals surface area contributed by atoms with Crippen LogP contribution in [0.4, 0.5) is 11.6 Å². The number of aromatic nitrogens is 4. The van der Waals surface area contributed by atoms with Crippen molar-refractivity contribution in [2.45, 2.75) is 37.8 Å². The predicted octanol–water partition coefficient (Wildman–Crippen LogP) is 1.72. The second-order valence-electron chi connectivity index (χ2n) is 9.15. The molecule has 2 N–H and O–H groups in total. The first-order valence-electron chi connectivity index (χ1n) is 12.3. The van der Waals surface area contributed by atoms with E-state index in [9.17, 15) is 9.59 Å². The second-order valence-corrected chi connectivity index (χ2v) is 9.15. The lowest BCUT2D eigenvalue weighted by Crippen LogP contribution is -2.36. The number of nitrogens with zero attached hydrogens (tertiary/aromatic N) is 5. The molecule has 3 heterocycles. The molecule has 0 unspecified atom stereocenters. The first-order valence-corrected chi connectivity index (χ1v) is 12.3. The molecule has 5 rings (SSSR count). The van der Waals surface area contributed by atoms with E-state index in [4.69, 9.17) is 9.47 Å². The number of anilines is 2. The van der Waals surface area contributed by atoms with Gasteiger partial charge in [-0.15, -0.1) is 0 Å². The SMILES string of the molecule is CNC(=O)c1ccnc(NC2CCC(Oc3cc(N4CCOCC4)cc4ncc(=O)n(C)c34)CC2)n1. The molecule has 3 aromatic rings. The molecule has 190 valence electrons. The van der Waals surface area contributed by atoms with Gasteiger partial charge in [0.05, 0.1) is 31.0 Å². The number of amides is 1. The first-order chi connectivity index (χ1) is 17.5. The Kier molecular flexibility index (Phi) is 6.99. The number of nitrogens with one attached hydrogen (secondary N) is 2. The molecule has 0 atom stereocenters. The molecule has 1 aromatic carbocycles. The lowest BCUT2D eigenvalue weighted by Gasteiger charge is -2.32. The Morgan fingerprint density at radius 3 is 2.67 bits per heavy atom. The second kappa shape index (κ2) is 10.5. The van der Waals surface area contributed by atoms with Crippen LogP contribution in [0.15, 0.2) is 35.4 Å². The van der Waals surface area contributed by atoms with Crippen LogP contribution in [0.5, 0.6) is 5.75 Å². The molecule has 2 fully saturated rings. The van der Waals surface area contributed by atoms with Gasteiger partial charge in [0.1, 0.15) is 17.0 Å². The van der Waals surface area contributed by atoms with E-state index < -0.39 is 0 Å². The minimum absolute atomic E-state index is 0.0135. The van der Waals surface area contributed by atoms with E-state index in [2.05, 4.69) is 30.5 Å². The zero-order valence-corrected chi connectivity index (χ0v) is 20.6. The van der Waals surface area contributed by atoms with Gasteiger partial charge in [0.15, 0.2) is 0 Å². The van der Waals surface area contributed by atoms with Gasteiger partial charge in [-0.05, 0) is 37.8 Å². The monoisotopic (exact) mass is 493 g/mol. The van der Waals surface area contributed by atoms with Crippen LogP contribution in [0.25, 0.3) is 11.0 Å². The number of carbonyl (C=O) groups is 1. The van der Waals surface area contributed by atoms with Gasteiger partial charge >= 0.3 is 0 Å². The first kappa shape index (κ1) is 24.0. The van der Waals surface area contributed by atoms with Gasteiger partial charge in [-0.1, -0.05) is 0 Å². The van der Waals surface area contributed by atoms with E-state index in [0.29, 0.717) is 36.1 Å². The summed E-state index contributed by atoms with van der Waals surface area (Å²) in [5.74, 6) is 0.887. The quantitative estimate of drug-likeness (QED) is 0.528. The number of benzene rings is 1. The molecule has 1 aliphatic carbocycles. The summed E-state index contributed by atoms with van der Waals surface area (Å²) in [6.07, 6.45) is 6.37. The molecule has 1 saturated heterocycles. The van der Waals surface area contributed by atoms with Gasteiger partial charge in [-0.3, -0.25) is 9.59 Å². The van der Waals surface area contributed by atoms with Crippen LogP contribution in [-0.4, -0.2) is 70.9 Å². The molecule has 2 aromatic heterocycles. The smallest absolute Gasteiger partial charge is 0.269 e. The fourth-order valence-corrected chi connectivity index (χ4v) is 4.80. The summed E-state index contributed by atoms with van der Waals surface area (Å²) < 4.78 is 13.6. The van der Waals surface area contributed by atoms with Gasteiger partial charge in [-0.25, -0.2) is 15.0 Å². The zero-order chi connectivity index (χ0) is 25.1. The number of aryl methyl sites for hydroxylation is 1. The molecule has 1 saturated carbocycles. The Balaban J connectivity index is 1.30. The fourth-order valence-electron chi connectivity index (χ4n) is 4.80. The van der Waals surface area contributed by atoms with Crippen molar-refractivity contribution >= 4 is 28.6 Å². The van der Waals surface area contributed by atoms with Gasteiger partial charge in [0.2, 0.25) is 5.95 Å². The Morgan fingerprint density at radius 1 is 1.14 bits per heavy atom. The Hall–Kier alpha value is -3.73. The standard InChI is InChI=1S/C25H31N7O4/c1-26-24(34)19-7-8-27-25(30-19)29-16-3-5-18(6-4-16)36-21-14-17(32-9-11-35-12-10-32)13-20-23(21)31(2)22(33)15-28-20/h7-8,13-16,18H,3-6,9-12H2,1-2H3,(H,26,34)(H,27,29,30). The maximum atomic E-state index is 12.3. The summed E-state index contributed by atoms with van der Waals surface area (Å²) in [6, 6.07) is 5.82. The molecule has 1 aliphatic heterocycles. The predicted molar refractivity (Wildman–Crippen MR) is 136 cm³/mol. The van der Waals surface area contributed by atoms with E-state index >= 15 is 0 Å². The highest BCUT2D eigenvalue weighted by Gasteiger charge is 2.25. The molecular weight excluding hydrogens is 462 g/mol. The van der Waals surface area contributed by atoms with E-state index in [1.165, 1.54) is 6.20 Å². The van der Waals surface area contributed by atoms with Crippen LogP contribution in [0.1, 0.15) is 36.2 Å². The van der Waals surface area contributed by atoms with Crippen molar-refractivity contribution in [3.05, 3.63) is 46.6 Å². The summed E-state index contributed by atoms with van der Waals surface area (Å²) in [4.78, 5) is 39.4. The van der Waals surface area contributed by atoms with Crippen molar-refractivity contribution < 1.29 is 14.3 Å². The lowest BCUT2D eigenvalue weighted by molar-refractivity contribution is 0.0958. The molecule has 11 nitrogen and oxygen atoms in total. The largest absolute Gasteiger partial charge is 0.488 e. The van der Waals surface area contributed by atoms with Crippen LogP contribution < -0.4 is 25.8 Å². The van der Waals surface area contributed by atoms with E-state index in [1.54, 1.807) is 30.9 Å². The lowest BCUT2D eigenvalue weighted by atomic mass is 9.93. The zero-order valence-electron chi connectivity index (χ0n) is 20.6. The van der Waals surface area contributed by atoms with Crippen molar-refractivity contribution in [3.8, 4) is 5.75 Å². The van der Waals surface area contributed by atoms with E-state index in [1.807, 2.05) is 12.1 Å². The topological polar surface area (TPSA) is 124 Å². The van der Waals surface area contributed by atoms with Gasteiger partial charge < -0.3 is 29.6 Å².